The zero-order valence-electron chi connectivity index (χ0n) is 13.8. The molecule has 23 heavy (non-hydrogen) atoms. The minimum atomic E-state index is -0.0513. The minimum absolute atomic E-state index is 0.0181. The van der Waals surface area contributed by atoms with Crippen molar-refractivity contribution in [1.82, 2.24) is 20.0 Å². The Kier molecular flexibility index (Phi) is 4.66. The van der Waals surface area contributed by atoms with Crippen molar-refractivity contribution in [2.75, 3.05) is 33.4 Å². The number of fused-ring (bicyclic) bond motifs is 1. The number of methoxy groups -OCH3 is 1. The fraction of sp³-hybridized carbons (Fsp3) is 0.688. The van der Waals surface area contributed by atoms with Crippen molar-refractivity contribution in [3.8, 4) is 0 Å². The maximum atomic E-state index is 12.8. The smallest absolute Gasteiger partial charge is 0.274 e. The Morgan fingerprint density at radius 2 is 2.00 bits per heavy atom. The van der Waals surface area contributed by atoms with E-state index in [0.717, 1.165) is 37.2 Å². The number of carbonyl (C=O) groups is 2. The maximum absolute atomic E-state index is 12.8. The first kappa shape index (κ1) is 16.0. The number of aromatic amines is 1. The molecule has 0 spiro atoms. The van der Waals surface area contributed by atoms with Crippen molar-refractivity contribution in [3.05, 3.63) is 17.0 Å². The lowest BCUT2D eigenvalue weighted by molar-refractivity contribution is -0.136. The quantitative estimate of drug-likeness (QED) is 0.894. The topological polar surface area (TPSA) is 78.5 Å². The van der Waals surface area contributed by atoms with Crippen LogP contribution in [0, 0.1) is 5.92 Å². The van der Waals surface area contributed by atoms with Crippen LogP contribution in [-0.2, 0) is 22.5 Å². The second kappa shape index (κ2) is 6.70. The first-order chi connectivity index (χ1) is 11.1. The van der Waals surface area contributed by atoms with Crippen LogP contribution in [0.1, 0.15) is 41.5 Å². The highest BCUT2D eigenvalue weighted by Crippen LogP contribution is 2.24. The summed E-state index contributed by atoms with van der Waals surface area (Å²) >= 11 is 0. The lowest BCUT2D eigenvalue weighted by Crippen LogP contribution is -2.40. The molecule has 7 nitrogen and oxygen atoms in total. The Labute approximate surface area is 136 Å². The number of piperidine rings is 1. The van der Waals surface area contributed by atoms with Gasteiger partial charge in [-0.1, -0.05) is 6.92 Å². The largest absolute Gasteiger partial charge is 0.375 e. The number of likely N-dealkylation sites (tertiary alicyclic amines) is 1. The lowest BCUT2D eigenvalue weighted by atomic mass is 9.98. The van der Waals surface area contributed by atoms with Crippen LogP contribution in [0.4, 0.5) is 0 Å². The van der Waals surface area contributed by atoms with Gasteiger partial charge in [-0.2, -0.15) is 5.10 Å². The molecule has 2 aliphatic rings. The molecule has 1 saturated heterocycles. The highest BCUT2D eigenvalue weighted by Gasteiger charge is 2.30. The molecule has 1 aromatic heterocycles. The zero-order valence-corrected chi connectivity index (χ0v) is 13.8. The predicted octanol–water partition coefficient (Wildman–Crippen LogP) is 0.813. The molecule has 0 bridgehead atoms. The summed E-state index contributed by atoms with van der Waals surface area (Å²) in [6.45, 7) is 4.92. The number of H-pyrrole nitrogens is 1. The van der Waals surface area contributed by atoms with Crippen molar-refractivity contribution < 1.29 is 14.3 Å². The number of carbonyl (C=O) groups excluding carboxylic acids is 2. The Morgan fingerprint density at radius 1 is 1.26 bits per heavy atom. The van der Waals surface area contributed by atoms with Crippen molar-refractivity contribution in [2.24, 2.45) is 5.92 Å². The summed E-state index contributed by atoms with van der Waals surface area (Å²) in [4.78, 5) is 28.4. The average Bonchev–Trinajstić information content (AvgIpc) is 2.98. The molecule has 2 aliphatic heterocycles. The van der Waals surface area contributed by atoms with Crippen LogP contribution in [0.2, 0.25) is 0 Å². The van der Waals surface area contributed by atoms with Crippen molar-refractivity contribution in [1.29, 1.82) is 0 Å². The Balaban J connectivity index is 1.74. The van der Waals surface area contributed by atoms with Gasteiger partial charge in [0.05, 0.1) is 0 Å². The van der Waals surface area contributed by atoms with Crippen LogP contribution >= 0.6 is 0 Å². The molecule has 1 fully saturated rings. The number of hydrogen-bond acceptors (Lipinski definition) is 4. The third-order valence-electron chi connectivity index (χ3n) is 4.83. The van der Waals surface area contributed by atoms with E-state index in [9.17, 15) is 9.59 Å². The monoisotopic (exact) mass is 320 g/mol. The van der Waals surface area contributed by atoms with Crippen LogP contribution in [0.25, 0.3) is 0 Å². The summed E-state index contributed by atoms with van der Waals surface area (Å²) in [5.41, 5.74) is 2.31. The highest BCUT2D eigenvalue weighted by atomic mass is 16.5. The van der Waals surface area contributed by atoms with E-state index < -0.39 is 0 Å². The number of amides is 2. The van der Waals surface area contributed by atoms with E-state index in [1.54, 1.807) is 4.90 Å². The Hall–Kier alpha value is -1.89. The van der Waals surface area contributed by atoms with E-state index in [2.05, 4.69) is 17.1 Å². The summed E-state index contributed by atoms with van der Waals surface area (Å²) < 4.78 is 4.92. The number of aromatic nitrogens is 2. The molecule has 1 aromatic rings. The summed E-state index contributed by atoms with van der Waals surface area (Å²) in [7, 11) is 1.51. The molecular weight excluding hydrogens is 296 g/mol. The van der Waals surface area contributed by atoms with Crippen molar-refractivity contribution in [3.63, 3.8) is 0 Å². The Morgan fingerprint density at radius 3 is 2.70 bits per heavy atom. The molecule has 3 rings (SSSR count). The number of nitrogens with zero attached hydrogens (tertiary/aromatic N) is 3. The second-order valence-corrected chi connectivity index (χ2v) is 6.50. The zero-order chi connectivity index (χ0) is 16.4. The van der Waals surface area contributed by atoms with Gasteiger partial charge in [0.1, 0.15) is 6.61 Å². The van der Waals surface area contributed by atoms with Gasteiger partial charge in [0.25, 0.3) is 5.91 Å². The van der Waals surface area contributed by atoms with E-state index in [1.165, 1.54) is 7.11 Å². The summed E-state index contributed by atoms with van der Waals surface area (Å²) in [6, 6.07) is 0. The predicted molar refractivity (Wildman–Crippen MR) is 83.9 cm³/mol. The first-order valence-electron chi connectivity index (χ1n) is 8.22. The molecule has 0 unspecified atom stereocenters. The lowest BCUT2D eigenvalue weighted by Gasteiger charge is -2.31. The van der Waals surface area contributed by atoms with Gasteiger partial charge in [-0.15, -0.1) is 0 Å². The normalized spacial score (nSPS) is 18.9. The third kappa shape index (κ3) is 3.24. The van der Waals surface area contributed by atoms with Gasteiger partial charge in [0.15, 0.2) is 5.69 Å². The molecule has 0 aliphatic carbocycles. The average molecular weight is 320 g/mol. The molecule has 0 saturated carbocycles. The third-order valence-corrected chi connectivity index (χ3v) is 4.83. The van der Waals surface area contributed by atoms with E-state index >= 15 is 0 Å². The number of rotatable bonds is 3. The molecule has 0 radical (unpaired) electrons. The molecule has 126 valence electrons. The van der Waals surface area contributed by atoms with Crippen LogP contribution < -0.4 is 0 Å². The van der Waals surface area contributed by atoms with Gasteiger partial charge in [-0.05, 0) is 18.8 Å². The van der Waals surface area contributed by atoms with Gasteiger partial charge < -0.3 is 14.5 Å². The van der Waals surface area contributed by atoms with Crippen LogP contribution in [0.15, 0.2) is 0 Å². The second-order valence-electron chi connectivity index (χ2n) is 6.50. The summed E-state index contributed by atoms with van der Waals surface area (Å²) in [6.07, 6.45) is 2.77. The molecule has 2 amide bonds. The van der Waals surface area contributed by atoms with Gasteiger partial charge in [0.2, 0.25) is 5.91 Å². The van der Waals surface area contributed by atoms with E-state index in [0.29, 0.717) is 31.1 Å². The number of ether oxygens (including phenoxy) is 1. The molecule has 0 atom stereocenters. The Bertz CT molecular complexity index is 590. The minimum Gasteiger partial charge on any atom is -0.375 e. The standard InChI is InChI=1S/C16H24N4O3/c1-11-3-6-19(7-4-11)16(22)15-12-9-20(14(21)10-23-2)8-5-13(12)17-18-15/h11H,3-10H2,1-2H3,(H,17,18). The first-order valence-corrected chi connectivity index (χ1v) is 8.22. The summed E-state index contributed by atoms with van der Waals surface area (Å²) in [5.74, 6) is 0.606. The van der Waals surface area contributed by atoms with Gasteiger partial charge in [-0.3, -0.25) is 14.7 Å². The van der Waals surface area contributed by atoms with Crippen molar-refractivity contribution in [2.45, 2.75) is 32.7 Å². The van der Waals surface area contributed by atoms with Crippen LogP contribution in [0.5, 0.6) is 0 Å². The SMILES string of the molecule is COCC(=O)N1CCc2[nH]nc(C(=O)N3CCC(C)CC3)c2C1. The fourth-order valence-electron chi connectivity index (χ4n) is 3.26. The van der Waals surface area contributed by atoms with E-state index in [1.807, 2.05) is 4.90 Å². The molecule has 7 heteroatoms. The highest BCUT2D eigenvalue weighted by molar-refractivity contribution is 5.94. The molecular formula is C16H24N4O3. The van der Waals surface area contributed by atoms with Crippen molar-refractivity contribution >= 4 is 11.8 Å². The van der Waals surface area contributed by atoms with Crippen LogP contribution in [-0.4, -0.2) is 65.2 Å². The molecule has 0 aromatic carbocycles. The number of hydrogen-bond donors (Lipinski definition) is 1. The van der Waals surface area contributed by atoms with E-state index in [4.69, 9.17) is 4.74 Å². The fourth-order valence-corrected chi connectivity index (χ4v) is 3.26. The maximum Gasteiger partial charge on any atom is 0.274 e. The van der Waals surface area contributed by atoms with Gasteiger partial charge in [0, 0.05) is 51.0 Å². The van der Waals surface area contributed by atoms with Crippen LogP contribution in [0.3, 0.4) is 0 Å². The molecule has 3 heterocycles. The summed E-state index contributed by atoms with van der Waals surface area (Å²) in [5, 5.41) is 7.23. The van der Waals surface area contributed by atoms with E-state index in [-0.39, 0.29) is 18.4 Å². The molecule has 1 N–H and O–H groups in total. The van der Waals surface area contributed by atoms with Gasteiger partial charge in [-0.25, -0.2) is 0 Å². The number of nitrogens with one attached hydrogen (secondary N) is 1. The van der Waals surface area contributed by atoms with Gasteiger partial charge >= 0.3 is 0 Å².